The van der Waals surface area contributed by atoms with Gasteiger partial charge in [0, 0.05) is 25.2 Å². The second kappa shape index (κ2) is 15.0. The topological polar surface area (TPSA) is 106 Å². The van der Waals surface area contributed by atoms with Gasteiger partial charge in [-0.05, 0) is 68.7 Å². The van der Waals surface area contributed by atoms with Gasteiger partial charge in [-0.15, -0.1) is 0 Å². The van der Waals surface area contributed by atoms with Crippen LogP contribution >= 0.6 is 24.4 Å². The molecule has 0 saturated heterocycles. The largest absolute Gasteiger partial charge is 0.471 e. The van der Waals surface area contributed by atoms with E-state index >= 15 is 0 Å². The van der Waals surface area contributed by atoms with Gasteiger partial charge in [-0.3, -0.25) is 14.5 Å². The van der Waals surface area contributed by atoms with Crippen molar-refractivity contribution in [2.24, 2.45) is 5.73 Å². The van der Waals surface area contributed by atoms with E-state index in [9.17, 15) is 9.59 Å². The summed E-state index contributed by atoms with van der Waals surface area (Å²) in [6, 6.07) is 6.85. The molecule has 1 aromatic rings. The second-order valence-electron chi connectivity index (χ2n) is 8.75. The number of thiocarbonyl (C=S) groups is 2. The van der Waals surface area contributed by atoms with Crippen molar-refractivity contribution in [1.29, 1.82) is 0 Å². The highest BCUT2D eigenvalue weighted by molar-refractivity contribution is 7.80. The number of carbonyl (C=O) groups excluding carboxylic acids is 2. The van der Waals surface area contributed by atoms with Crippen LogP contribution in [0.25, 0.3) is 0 Å². The monoisotopic (exact) mass is 522 g/mol. The zero-order valence-electron chi connectivity index (χ0n) is 20.8. The number of nitrogens with two attached hydrogens (primary N) is 1. The Balaban J connectivity index is 1.93. The molecule has 1 aliphatic heterocycles. The Bertz CT molecular complexity index is 818. The van der Waals surface area contributed by atoms with E-state index in [1.807, 2.05) is 0 Å². The SMILES string of the molecule is CCCCNC(=S)OCCC(N)(CCOC(=S)NCCCC)CCN1C(=O)c2ccccc2C1=O. The molecular formula is C25H38N4O4S2. The van der Waals surface area contributed by atoms with Gasteiger partial charge in [-0.25, -0.2) is 0 Å². The van der Waals surface area contributed by atoms with Gasteiger partial charge >= 0.3 is 0 Å². The maximum atomic E-state index is 12.7. The summed E-state index contributed by atoms with van der Waals surface area (Å²) in [6.07, 6.45) is 5.50. The zero-order valence-corrected chi connectivity index (χ0v) is 22.4. The maximum absolute atomic E-state index is 12.7. The van der Waals surface area contributed by atoms with Gasteiger partial charge in [0.1, 0.15) is 0 Å². The van der Waals surface area contributed by atoms with E-state index in [1.54, 1.807) is 24.3 Å². The minimum Gasteiger partial charge on any atom is -0.471 e. The number of imide groups is 1. The summed E-state index contributed by atoms with van der Waals surface area (Å²) in [5.41, 5.74) is 6.87. The van der Waals surface area contributed by atoms with Gasteiger partial charge in [0.25, 0.3) is 22.2 Å². The lowest BCUT2D eigenvalue weighted by Crippen LogP contribution is -2.46. The molecule has 0 atom stereocenters. The van der Waals surface area contributed by atoms with E-state index in [0.29, 0.717) is 54.0 Å². The summed E-state index contributed by atoms with van der Waals surface area (Å²) in [7, 11) is 0. The molecule has 0 radical (unpaired) electrons. The van der Waals surface area contributed by atoms with Crippen LogP contribution in [0.5, 0.6) is 0 Å². The lowest BCUT2D eigenvalue weighted by atomic mass is 9.89. The minimum absolute atomic E-state index is 0.210. The molecule has 8 nitrogen and oxygen atoms in total. The van der Waals surface area contributed by atoms with Gasteiger partial charge in [0.15, 0.2) is 0 Å². The van der Waals surface area contributed by atoms with Crippen molar-refractivity contribution in [3.8, 4) is 0 Å². The van der Waals surface area contributed by atoms with Crippen LogP contribution in [0.3, 0.4) is 0 Å². The molecule has 0 aliphatic carbocycles. The highest BCUT2D eigenvalue weighted by Gasteiger charge is 2.36. The number of ether oxygens (including phenoxy) is 2. The van der Waals surface area contributed by atoms with Gasteiger partial charge in [0.2, 0.25) is 0 Å². The molecule has 0 fully saturated rings. The van der Waals surface area contributed by atoms with Crippen molar-refractivity contribution in [2.75, 3.05) is 32.8 Å². The van der Waals surface area contributed by atoms with Crippen LogP contribution < -0.4 is 16.4 Å². The number of nitrogens with one attached hydrogen (secondary N) is 2. The number of unbranched alkanes of at least 4 members (excludes halogenated alkanes) is 2. The second-order valence-corrected chi connectivity index (χ2v) is 9.49. The van der Waals surface area contributed by atoms with Crippen molar-refractivity contribution < 1.29 is 19.1 Å². The van der Waals surface area contributed by atoms with Gasteiger partial charge < -0.3 is 25.8 Å². The molecule has 0 aromatic heterocycles. The van der Waals surface area contributed by atoms with Gasteiger partial charge in [-0.1, -0.05) is 38.8 Å². The first-order valence-corrected chi connectivity index (χ1v) is 13.2. The molecule has 1 aliphatic rings. The molecule has 4 N–H and O–H groups in total. The first-order valence-electron chi connectivity index (χ1n) is 12.4. The molecule has 1 heterocycles. The zero-order chi connectivity index (χ0) is 25.7. The Hall–Kier alpha value is -2.30. The lowest BCUT2D eigenvalue weighted by molar-refractivity contribution is 0.0636. The van der Waals surface area contributed by atoms with Crippen molar-refractivity contribution >= 4 is 46.6 Å². The van der Waals surface area contributed by atoms with E-state index in [2.05, 4.69) is 24.5 Å². The number of hydrogen-bond donors (Lipinski definition) is 3. The molecule has 194 valence electrons. The number of nitrogens with zero attached hydrogens (tertiary/aromatic N) is 1. The standard InChI is InChI=1S/C25H38N4O4S2/c1-3-5-14-27-23(34)32-17-12-25(26,13-18-33-24(35)28-15-6-4-2)11-16-29-21(30)19-9-7-8-10-20(19)22(29)31/h7-10H,3-6,11-18,26H2,1-2H3,(H,27,34)(H,28,35). The van der Waals surface area contributed by atoms with Crippen LogP contribution in [0, 0.1) is 0 Å². The number of rotatable bonds is 15. The Labute approximate surface area is 219 Å². The molecule has 10 heteroatoms. The average molecular weight is 523 g/mol. The van der Waals surface area contributed by atoms with Crippen LogP contribution in [0.4, 0.5) is 0 Å². The molecule has 1 aromatic carbocycles. The number of carbonyl (C=O) groups is 2. The maximum Gasteiger partial charge on any atom is 0.261 e. The van der Waals surface area contributed by atoms with Crippen molar-refractivity contribution in [3.05, 3.63) is 35.4 Å². The van der Waals surface area contributed by atoms with Crippen LogP contribution in [0.1, 0.15) is 79.5 Å². The van der Waals surface area contributed by atoms with Crippen LogP contribution in [0.2, 0.25) is 0 Å². The molecular weight excluding hydrogens is 484 g/mol. The van der Waals surface area contributed by atoms with Crippen molar-refractivity contribution in [2.45, 2.75) is 64.3 Å². The fourth-order valence-electron chi connectivity index (χ4n) is 3.68. The van der Waals surface area contributed by atoms with Crippen LogP contribution in [-0.2, 0) is 9.47 Å². The summed E-state index contributed by atoms with van der Waals surface area (Å²) in [5, 5.41) is 6.84. The highest BCUT2D eigenvalue weighted by Crippen LogP contribution is 2.25. The quantitative estimate of drug-likeness (QED) is 0.181. The molecule has 0 saturated carbocycles. The lowest BCUT2D eigenvalue weighted by Gasteiger charge is -2.31. The third-order valence-corrected chi connectivity index (χ3v) is 6.50. The molecule has 35 heavy (non-hydrogen) atoms. The Morgan fingerprint density at radius 3 is 1.77 bits per heavy atom. The normalized spacial score (nSPS) is 12.9. The van der Waals surface area contributed by atoms with E-state index in [1.165, 1.54) is 4.90 Å². The number of benzene rings is 1. The molecule has 0 unspecified atom stereocenters. The van der Waals surface area contributed by atoms with E-state index in [-0.39, 0.29) is 18.4 Å². The predicted octanol–water partition coefficient (Wildman–Crippen LogP) is 3.53. The molecule has 0 spiro atoms. The summed E-state index contributed by atoms with van der Waals surface area (Å²) in [5.74, 6) is -0.578. The molecule has 2 rings (SSSR count). The van der Waals surface area contributed by atoms with Crippen LogP contribution in [-0.4, -0.2) is 65.5 Å². The Morgan fingerprint density at radius 1 is 0.886 bits per heavy atom. The predicted molar refractivity (Wildman–Crippen MR) is 145 cm³/mol. The fraction of sp³-hybridized carbons (Fsp3) is 0.600. The van der Waals surface area contributed by atoms with Gasteiger partial charge in [0.05, 0.1) is 24.3 Å². The third kappa shape index (κ3) is 9.35. The number of hydrogen-bond acceptors (Lipinski definition) is 7. The number of fused-ring (bicyclic) bond motifs is 1. The minimum atomic E-state index is -0.743. The summed E-state index contributed by atoms with van der Waals surface area (Å²) in [4.78, 5) is 26.8. The highest BCUT2D eigenvalue weighted by atomic mass is 32.1. The van der Waals surface area contributed by atoms with E-state index < -0.39 is 5.54 Å². The van der Waals surface area contributed by atoms with Crippen molar-refractivity contribution in [3.63, 3.8) is 0 Å². The van der Waals surface area contributed by atoms with Crippen LogP contribution in [0.15, 0.2) is 24.3 Å². The molecule has 2 amide bonds. The van der Waals surface area contributed by atoms with E-state index in [4.69, 9.17) is 39.6 Å². The summed E-state index contributed by atoms with van der Waals surface area (Å²) in [6.45, 7) is 6.58. The summed E-state index contributed by atoms with van der Waals surface area (Å²) < 4.78 is 11.3. The Kier molecular flexibility index (Phi) is 12.4. The first kappa shape index (κ1) is 28.9. The first-order chi connectivity index (χ1) is 16.8. The third-order valence-electron chi connectivity index (χ3n) is 5.98. The van der Waals surface area contributed by atoms with Gasteiger partial charge in [-0.2, -0.15) is 0 Å². The van der Waals surface area contributed by atoms with E-state index in [0.717, 1.165) is 38.8 Å². The smallest absolute Gasteiger partial charge is 0.261 e. The average Bonchev–Trinajstić information content (AvgIpc) is 3.08. The number of amides is 2. The fourth-order valence-corrected chi connectivity index (χ4v) is 4.05. The van der Waals surface area contributed by atoms with Crippen molar-refractivity contribution in [1.82, 2.24) is 15.5 Å². The Morgan fingerprint density at radius 2 is 1.34 bits per heavy atom. The summed E-state index contributed by atoms with van der Waals surface area (Å²) >= 11 is 10.5. The molecule has 0 bridgehead atoms.